The van der Waals surface area contributed by atoms with E-state index in [9.17, 15) is 4.79 Å². The minimum Gasteiger partial charge on any atom is -0.361 e. The van der Waals surface area contributed by atoms with Crippen molar-refractivity contribution in [3.8, 4) is 11.4 Å². The fraction of sp³-hybridized carbons (Fsp3) is 0.500. The quantitative estimate of drug-likeness (QED) is 0.738. The largest absolute Gasteiger partial charge is 0.361 e. The maximum atomic E-state index is 12.9. The molecule has 1 N–H and O–H groups in total. The van der Waals surface area contributed by atoms with Gasteiger partial charge in [-0.1, -0.05) is 12.1 Å². The number of H-pyrrole nitrogens is 1. The minimum absolute atomic E-state index is 0.0182. The molecule has 7 nitrogen and oxygen atoms in total. The lowest BCUT2D eigenvalue weighted by Gasteiger charge is -2.31. The van der Waals surface area contributed by atoms with E-state index in [0.29, 0.717) is 17.5 Å². The summed E-state index contributed by atoms with van der Waals surface area (Å²) in [4.78, 5) is 14.9. The Morgan fingerprint density at radius 1 is 1.28 bits per heavy atom. The second-order valence-electron chi connectivity index (χ2n) is 8.56. The number of piperidine rings is 1. The molecule has 29 heavy (non-hydrogen) atoms. The summed E-state index contributed by atoms with van der Waals surface area (Å²) in [6.07, 6.45) is 7.10. The Morgan fingerprint density at radius 3 is 2.86 bits per heavy atom. The normalized spacial score (nSPS) is 20.1. The Balaban J connectivity index is 1.26. The first kappa shape index (κ1) is 18.2. The number of nitrogens with zero attached hydrogens (tertiary/aromatic N) is 4. The molecular formula is C22H27N5O2. The van der Waals surface area contributed by atoms with E-state index < -0.39 is 0 Å². The number of carbonyl (C=O) groups is 1. The molecule has 1 amide bonds. The number of nitrogens with one attached hydrogen (secondary N) is 1. The zero-order valence-electron chi connectivity index (χ0n) is 17.0. The van der Waals surface area contributed by atoms with Gasteiger partial charge in [0.1, 0.15) is 17.1 Å². The van der Waals surface area contributed by atoms with Gasteiger partial charge in [0.2, 0.25) is 0 Å². The lowest BCUT2D eigenvalue weighted by atomic mass is 9.83. The zero-order valence-corrected chi connectivity index (χ0v) is 17.0. The molecule has 0 unspecified atom stereocenters. The van der Waals surface area contributed by atoms with Gasteiger partial charge in [0, 0.05) is 37.8 Å². The number of amides is 1. The van der Waals surface area contributed by atoms with Gasteiger partial charge >= 0.3 is 0 Å². The number of hydrogen-bond acceptors (Lipinski definition) is 4. The molecule has 2 aliphatic rings. The van der Waals surface area contributed by atoms with E-state index in [1.807, 2.05) is 40.9 Å². The number of hydrogen-bond donors (Lipinski definition) is 1. The van der Waals surface area contributed by atoms with Gasteiger partial charge in [-0.2, -0.15) is 5.10 Å². The summed E-state index contributed by atoms with van der Waals surface area (Å²) in [5.74, 6) is 2.15. The third-order valence-electron chi connectivity index (χ3n) is 6.49. The first-order chi connectivity index (χ1) is 14.1. The minimum atomic E-state index is 0.0182. The summed E-state index contributed by atoms with van der Waals surface area (Å²) in [7, 11) is 1.97. The maximum Gasteiger partial charge on any atom is 0.271 e. The molecule has 1 aliphatic heterocycles. The molecule has 0 spiro atoms. The van der Waals surface area contributed by atoms with Gasteiger partial charge in [0.25, 0.3) is 5.91 Å². The van der Waals surface area contributed by atoms with Crippen molar-refractivity contribution >= 4 is 5.91 Å². The van der Waals surface area contributed by atoms with Crippen LogP contribution in [-0.4, -0.2) is 43.8 Å². The highest BCUT2D eigenvalue weighted by Gasteiger charge is 2.32. The Labute approximate surface area is 170 Å². The van der Waals surface area contributed by atoms with Crippen LogP contribution in [0.3, 0.4) is 0 Å². The van der Waals surface area contributed by atoms with E-state index in [2.05, 4.69) is 22.3 Å². The fourth-order valence-electron chi connectivity index (χ4n) is 4.73. The van der Waals surface area contributed by atoms with Crippen LogP contribution in [-0.2, 0) is 19.9 Å². The van der Waals surface area contributed by atoms with Crippen LogP contribution in [0, 0.1) is 5.92 Å². The van der Waals surface area contributed by atoms with Gasteiger partial charge in [0.15, 0.2) is 0 Å². The molecule has 0 saturated carbocycles. The van der Waals surface area contributed by atoms with Crippen molar-refractivity contribution in [1.82, 2.24) is 24.8 Å². The summed E-state index contributed by atoms with van der Waals surface area (Å²) in [6.45, 7) is 3.76. The van der Waals surface area contributed by atoms with Gasteiger partial charge in [-0.15, -0.1) is 0 Å². The van der Waals surface area contributed by atoms with Gasteiger partial charge in [-0.05, 0) is 56.2 Å². The number of aromatic nitrogens is 4. The van der Waals surface area contributed by atoms with Crippen LogP contribution >= 0.6 is 0 Å². The highest BCUT2D eigenvalue weighted by atomic mass is 16.5. The summed E-state index contributed by atoms with van der Waals surface area (Å²) < 4.78 is 7.76. The van der Waals surface area contributed by atoms with Crippen LogP contribution in [0.1, 0.15) is 59.6 Å². The van der Waals surface area contributed by atoms with Crippen LogP contribution < -0.4 is 0 Å². The molecule has 152 valence electrons. The van der Waals surface area contributed by atoms with E-state index in [1.54, 1.807) is 0 Å². The molecular weight excluding hydrogens is 366 g/mol. The number of rotatable bonds is 3. The molecule has 1 saturated heterocycles. The monoisotopic (exact) mass is 393 g/mol. The molecule has 3 aromatic heterocycles. The van der Waals surface area contributed by atoms with Crippen molar-refractivity contribution in [3.05, 3.63) is 47.1 Å². The van der Waals surface area contributed by atoms with Crippen molar-refractivity contribution in [3.63, 3.8) is 0 Å². The molecule has 1 atom stereocenters. The highest BCUT2D eigenvalue weighted by molar-refractivity contribution is 5.93. The number of carbonyl (C=O) groups excluding carboxylic acids is 1. The Bertz CT molecular complexity index is 1020. The summed E-state index contributed by atoms with van der Waals surface area (Å²) >= 11 is 0. The molecule has 1 aliphatic carbocycles. The van der Waals surface area contributed by atoms with Crippen molar-refractivity contribution < 1.29 is 9.32 Å². The molecule has 0 bridgehead atoms. The van der Waals surface area contributed by atoms with E-state index >= 15 is 0 Å². The predicted molar refractivity (Wildman–Crippen MR) is 109 cm³/mol. The average Bonchev–Trinajstić information content (AvgIpc) is 3.46. The molecule has 1 fully saturated rings. The van der Waals surface area contributed by atoms with E-state index in [1.165, 1.54) is 12.0 Å². The lowest BCUT2D eigenvalue weighted by Crippen LogP contribution is -2.38. The summed E-state index contributed by atoms with van der Waals surface area (Å²) in [6, 6.07) is 5.81. The van der Waals surface area contributed by atoms with Gasteiger partial charge in [-0.25, -0.2) is 0 Å². The maximum absolute atomic E-state index is 12.9. The zero-order chi connectivity index (χ0) is 20.0. The average molecular weight is 393 g/mol. The third kappa shape index (κ3) is 3.28. The first-order valence-corrected chi connectivity index (χ1v) is 10.5. The first-order valence-electron chi connectivity index (χ1n) is 10.5. The van der Waals surface area contributed by atoms with Crippen LogP contribution in [0.2, 0.25) is 0 Å². The molecule has 5 rings (SSSR count). The standard InChI is InChI=1S/C22H27N5O2/c1-14-5-6-17-16(12-14)21(29-25-17)15-7-10-27(11-8-15)22(28)19-13-18(23-24-19)20-4-3-9-26(20)2/h3-4,9,13-15H,5-8,10-12H2,1-2H3,(H,23,24)/t14-/m1/s1. The summed E-state index contributed by atoms with van der Waals surface area (Å²) in [5.41, 5.74) is 4.82. The number of aromatic amines is 1. The Kier molecular flexibility index (Phi) is 4.53. The van der Waals surface area contributed by atoms with E-state index in [-0.39, 0.29) is 5.91 Å². The number of fused-ring (bicyclic) bond motifs is 1. The van der Waals surface area contributed by atoms with Crippen molar-refractivity contribution in [2.45, 2.75) is 44.9 Å². The smallest absolute Gasteiger partial charge is 0.271 e. The number of likely N-dealkylation sites (tertiary alicyclic amines) is 1. The molecule has 3 aromatic rings. The van der Waals surface area contributed by atoms with Crippen molar-refractivity contribution in [2.75, 3.05) is 13.1 Å². The molecule has 7 heteroatoms. The predicted octanol–water partition coefficient (Wildman–Crippen LogP) is 3.55. The Hall–Kier alpha value is -2.83. The van der Waals surface area contributed by atoms with Crippen LogP contribution in [0.15, 0.2) is 28.9 Å². The van der Waals surface area contributed by atoms with Crippen LogP contribution in [0.25, 0.3) is 11.4 Å². The van der Waals surface area contributed by atoms with Gasteiger partial charge in [0.05, 0.1) is 11.4 Å². The van der Waals surface area contributed by atoms with Crippen LogP contribution in [0.5, 0.6) is 0 Å². The van der Waals surface area contributed by atoms with Crippen molar-refractivity contribution in [1.29, 1.82) is 0 Å². The number of aryl methyl sites for hydroxylation is 2. The van der Waals surface area contributed by atoms with Crippen LogP contribution in [0.4, 0.5) is 0 Å². The summed E-state index contributed by atoms with van der Waals surface area (Å²) in [5, 5.41) is 11.6. The Morgan fingerprint density at radius 2 is 2.10 bits per heavy atom. The van der Waals surface area contributed by atoms with E-state index in [0.717, 1.165) is 61.6 Å². The molecule has 0 aromatic carbocycles. The van der Waals surface area contributed by atoms with Gasteiger partial charge < -0.3 is 14.0 Å². The topological polar surface area (TPSA) is 79.9 Å². The second-order valence-corrected chi connectivity index (χ2v) is 8.56. The van der Waals surface area contributed by atoms with E-state index in [4.69, 9.17) is 4.52 Å². The lowest BCUT2D eigenvalue weighted by molar-refractivity contribution is 0.0700. The fourth-order valence-corrected chi connectivity index (χ4v) is 4.73. The molecule has 4 heterocycles. The van der Waals surface area contributed by atoms with Crippen molar-refractivity contribution in [2.24, 2.45) is 13.0 Å². The SMILES string of the molecule is C[C@@H]1CCc2noc(C3CCN(C(=O)c4cc(-c5cccn5C)n[nH]4)CC3)c2C1. The highest BCUT2D eigenvalue weighted by Crippen LogP contribution is 2.36. The van der Waals surface area contributed by atoms with Gasteiger partial charge in [-0.3, -0.25) is 9.89 Å². The third-order valence-corrected chi connectivity index (χ3v) is 6.49. The molecule has 0 radical (unpaired) electrons. The second kappa shape index (κ2) is 7.21.